The summed E-state index contributed by atoms with van der Waals surface area (Å²) < 4.78 is 0. The maximum atomic E-state index is 4.48. The molecular weight excluding hydrogens is 218 g/mol. The van der Waals surface area contributed by atoms with Crippen LogP contribution in [0.3, 0.4) is 0 Å². The summed E-state index contributed by atoms with van der Waals surface area (Å²) in [7, 11) is 0. The van der Waals surface area contributed by atoms with Crippen LogP contribution >= 0.6 is 0 Å². The normalized spacial score (nSPS) is 8.44. The maximum absolute atomic E-state index is 4.48. The molecule has 0 fully saturated rings. The summed E-state index contributed by atoms with van der Waals surface area (Å²) in [6.07, 6.45) is 3.56. The summed E-state index contributed by atoms with van der Waals surface area (Å²) in [5.41, 5.74) is 2.91. The van der Waals surface area contributed by atoms with Gasteiger partial charge in [0.2, 0.25) is 0 Å². The molecule has 0 saturated carbocycles. The Morgan fingerprint density at radius 1 is 0.944 bits per heavy atom. The molecule has 96 valence electrons. The van der Waals surface area contributed by atoms with Crippen LogP contribution < -0.4 is 0 Å². The van der Waals surface area contributed by atoms with Gasteiger partial charge in [0.1, 0.15) is 0 Å². The third-order valence-electron chi connectivity index (χ3n) is 2.20. The summed E-state index contributed by atoms with van der Waals surface area (Å²) in [4.78, 5) is 4.48. The zero-order valence-corrected chi connectivity index (χ0v) is 11.9. The Labute approximate surface area is 111 Å². The minimum absolute atomic E-state index is 0.888. The lowest BCUT2D eigenvalue weighted by Crippen LogP contribution is -1.87. The molecule has 0 atom stereocenters. The summed E-state index contributed by atoms with van der Waals surface area (Å²) in [5, 5.41) is 1.13. The van der Waals surface area contributed by atoms with Crippen LogP contribution in [0.4, 0.5) is 0 Å². The minimum Gasteiger partial charge on any atom is -0.248 e. The molecule has 0 unspecified atom stereocenters. The number of rotatable bonds is 2. The molecule has 0 bridgehead atoms. The number of fused-ring (bicyclic) bond motifs is 1. The van der Waals surface area contributed by atoms with Crippen LogP contribution in [-0.2, 0) is 0 Å². The Morgan fingerprint density at radius 3 is 2.11 bits per heavy atom. The standard InChI is InChI=1S/C13H11N.2C2H6/c1-3-10-9-11-7-5-6-8-13(11)14-12(10)4-2;2*1-2/h3-9H,1-2H2;2*1-2H3. The molecule has 18 heavy (non-hydrogen) atoms. The quantitative estimate of drug-likeness (QED) is 0.669. The lowest BCUT2D eigenvalue weighted by molar-refractivity contribution is 1.36. The first-order valence-electron chi connectivity index (χ1n) is 6.50. The number of hydrogen-bond donors (Lipinski definition) is 0. The van der Waals surface area contributed by atoms with E-state index in [1.807, 2.05) is 52.0 Å². The highest BCUT2D eigenvalue weighted by atomic mass is 14.7. The van der Waals surface area contributed by atoms with Crippen molar-refractivity contribution in [3.63, 3.8) is 0 Å². The van der Waals surface area contributed by atoms with Crippen molar-refractivity contribution in [3.8, 4) is 0 Å². The van der Waals surface area contributed by atoms with Crippen LogP contribution in [0.1, 0.15) is 39.0 Å². The summed E-state index contributed by atoms with van der Waals surface area (Å²) >= 11 is 0. The van der Waals surface area contributed by atoms with E-state index >= 15 is 0 Å². The third-order valence-corrected chi connectivity index (χ3v) is 2.20. The van der Waals surface area contributed by atoms with Gasteiger partial charge in [-0.1, -0.05) is 65.1 Å². The number of pyridine rings is 1. The molecule has 2 rings (SSSR count). The van der Waals surface area contributed by atoms with E-state index in [0.717, 1.165) is 22.2 Å². The number of para-hydroxylation sites is 1. The minimum atomic E-state index is 0.888. The van der Waals surface area contributed by atoms with Crippen molar-refractivity contribution in [2.45, 2.75) is 27.7 Å². The van der Waals surface area contributed by atoms with Crippen molar-refractivity contribution >= 4 is 23.1 Å². The van der Waals surface area contributed by atoms with E-state index < -0.39 is 0 Å². The summed E-state index contributed by atoms with van der Waals surface area (Å²) in [6, 6.07) is 10.1. The molecule has 2 aromatic rings. The van der Waals surface area contributed by atoms with Gasteiger partial charge in [0.05, 0.1) is 11.2 Å². The average molecular weight is 241 g/mol. The molecule has 0 aliphatic rings. The second-order valence-electron chi connectivity index (χ2n) is 3.06. The van der Waals surface area contributed by atoms with E-state index in [2.05, 4.69) is 24.2 Å². The van der Waals surface area contributed by atoms with Crippen LogP contribution in [0.5, 0.6) is 0 Å². The highest BCUT2D eigenvalue weighted by Crippen LogP contribution is 2.18. The Kier molecular flexibility index (Phi) is 8.21. The first kappa shape index (κ1) is 16.1. The fourth-order valence-corrected chi connectivity index (χ4v) is 1.47. The van der Waals surface area contributed by atoms with Crippen molar-refractivity contribution in [1.29, 1.82) is 0 Å². The molecule has 0 radical (unpaired) electrons. The molecule has 0 aliphatic heterocycles. The fraction of sp³-hybridized carbons (Fsp3) is 0.235. The van der Waals surface area contributed by atoms with Crippen LogP contribution in [0.15, 0.2) is 43.5 Å². The van der Waals surface area contributed by atoms with Crippen LogP contribution in [0, 0.1) is 0 Å². The first-order valence-corrected chi connectivity index (χ1v) is 6.50. The van der Waals surface area contributed by atoms with Gasteiger partial charge < -0.3 is 0 Å². The SMILES string of the molecule is C=Cc1cc2ccccc2nc1C=C.CC.CC. The average Bonchev–Trinajstić information content (AvgIpc) is 2.49. The molecule has 1 aromatic heterocycles. The Morgan fingerprint density at radius 2 is 1.56 bits per heavy atom. The molecule has 1 nitrogen and oxygen atoms in total. The van der Waals surface area contributed by atoms with Crippen molar-refractivity contribution in [3.05, 3.63) is 54.7 Å². The van der Waals surface area contributed by atoms with Crippen LogP contribution in [0.2, 0.25) is 0 Å². The molecule has 0 saturated heterocycles. The smallest absolute Gasteiger partial charge is 0.0709 e. The number of hydrogen-bond acceptors (Lipinski definition) is 1. The van der Waals surface area contributed by atoms with E-state index in [-0.39, 0.29) is 0 Å². The van der Waals surface area contributed by atoms with E-state index in [0.29, 0.717) is 0 Å². The van der Waals surface area contributed by atoms with Gasteiger partial charge in [-0.15, -0.1) is 0 Å². The van der Waals surface area contributed by atoms with Gasteiger partial charge in [0, 0.05) is 10.9 Å². The largest absolute Gasteiger partial charge is 0.248 e. The van der Waals surface area contributed by atoms with Gasteiger partial charge >= 0.3 is 0 Å². The lowest BCUT2D eigenvalue weighted by atomic mass is 10.1. The molecule has 0 spiro atoms. The molecule has 0 aliphatic carbocycles. The van der Waals surface area contributed by atoms with Crippen molar-refractivity contribution in [1.82, 2.24) is 4.98 Å². The van der Waals surface area contributed by atoms with E-state index in [4.69, 9.17) is 0 Å². The number of aromatic nitrogens is 1. The number of nitrogens with zero attached hydrogens (tertiary/aromatic N) is 1. The van der Waals surface area contributed by atoms with Gasteiger partial charge in [-0.25, -0.2) is 4.98 Å². The molecule has 1 aromatic carbocycles. The zero-order chi connectivity index (χ0) is 14.0. The molecule has 1 heteroatoms. The van der Waals surface area contributed by atoms with E-state index in [1.54, 1.807) is 12.2 Å². The second-order valence-corrected chi connectivity index (χ2v) is 3.06. The fourth-order valence-electron chi connectivity index (χ4n) is 1.47. The van der Waals surface area contributed by atoms with Crippen molar-refractivity contribution < 1.29 is 0 Å². The van der Waals surface area contributed by atoms with E-state index in [1.165, 1.54) is 0 Å². The maximum Gasteiger partial charge on any atom is 0.0709 e. The van der Waals surface area contributed by atoms with Crippen molar-refractivity contribution in [2.24, 2.45) is 0 Å². The van der Waals surface area contributed by atoms with Gasteiger partial charge in [-0.05, 0) is 18.2 Å². The topological polar surface area (TPSA) is 12.9 Å². The van der Waals surface area contributed by atoms with Gasteiger partial charge in [-0.3, -0.25) is 0 Å². The summed E-state index contributed by atoms with van der Waals surface area (Å²) in [6.45, 7) is 15.5. The molecular formula is C17H23N. The lowest BCUT2D eigenvalue weighted by Gasteiger charge is -2.02. The summed E-state index contributed by atoms with van der Waals surface area (Å²) in [5.74, 6) is 0. The number of benzene rings is 1. The monoisotopic (exact) mass is 241 g/mol. The second kappa shape index (κ2) is 9.17. The zero-order valence-electron chi connectivity index (χ0n) is 11.9. The Hall–Kier alpha value is -1.89. The predicted molar refractivity (Wildman–Crippen MR) is 84.6 cm³/mol. The third kappa shape index (κ3) is 3.85. The van der Waals surface area contributed by atoms with Crippen LogP contribution in [-0.4, -0.2) is 4.98 Å². The first-order chi connectivity index (χ1) is 8.85. The van der Waals surface area contributed by atoms with Crippen LogP contribution in [0.25, 0.3) is 23.1 Å². The molecule has 0 amide bonds. The van der Waals surface area contributed by atoms with Gasteiger partial charge in [-0.2, -0.15) is 0 Å². The van der Waals surface area contributed by atoms with E-state index in [9.17, 15) is 0 Å². The Balaban J connectivity index is 0.000000659. The molecule has 0 N–H and O–H groups in total. The van der Waals surface area contributed by atoms with Gasteiger partial charge in [0.25, 0.3) is 0 Å². The van der Waals surface area contributed by atoms with Gasteiger partial charge in [0.15, 0.2) is 0 Å². The highest BCUT2D eigenvalue weighted by molar-refractivity contribution is 5.83. The highest BCUT2D eigenvalue weighted by Gasteiger charge is 1.99. The van der Waals surface area contributed by atoms with Crippen molar-refractivity contribution in [2.75, 3.05) is 0 Å². The predicted octanol–water partition coefficient (Wildman–Crippen LogP) is 5.57. The Bertz CT molecular complexity index is 451. The molecule has 1 heterocycles.